The summed E-state index contributed by atoms with van der Waals surface area (Å²) in [7, 11) is 0. The molecule has 3 rings (SSSR count). The van der Waals surface area contributed by atoms with E-state index in [0.717, 1.165) is 38.8 Å². The van der Waals surface area contributed by atoms with Gasteiger partial charge in [0.1, 0.15) is 5.69 Å². The van der Waals surface area contributed by atoms with Gasteiger partial charge in [0, 0.05) is 51.1 Å². The summed E-state index contributed by atoms with van der Waals surface area (Å²) in [5.74, 6) is 0.308. The quantitative estimate of drug-likeness (QED) is 0.609. The van der Waals surface area contributed by atoms with Gasteiger partial charge in [-0.15, -0.1) is 0 Å². The van der Waals surface area contributed by atoms with Crippen molar-refractivity contribution in [3.63, 3.8) is 0 Å². The molecule has 0 spiro atoms. The fourth-order valence-electron chi connectivity index (χ4n) is 3.82. The Morgan fingerprint density at radius 2 is 1.74 bits per heavy atom. The highest BCUT2D eigenvalue weighted by Gasteiger charge is 2.31. The lowest BCUT2D eigenvalue weighted by Crippen LogP contribution is -2.44. The van der Waals surface area contributed by atoms with Crippen molar-refractivity contribution in [2.24, 2.45) is 5.92 Å². The molecule has 0 aromatic heterocycles. The normalized spacial score (nSPS) is 17.8. The Bertz CT molecular complexity index is 695. The van der Waals surface area contributed by atoms with Crippen LogP contribution in [0.4, 0.5) is 11.4 Å². The zero-order valence-electron chi connectivity index (χ0n) is 15.4. The van der Waals surface area contributed by atoms with E-state index in [1.807, 2.05) is 4.90 Å². The summed E-state index contributed by atoms with van der Waals surface area (Å²) in [6, 6.07) is 6.41. The summed E-state index contributed by atoms with van der Waals surface area (Å²) in [5.41, 5.74) is 0.427. The average molecular weight is 374 g/mol. The van der Waals surface area contributed by atoms with Gasteiger partial charge < -0.3 is 15.1 Å². The lowest BCUT2D eigenvalue weighted by Gasteiger charge is -2.33. The third kappa shape index (κ3) is 4.75. The number of nitro groups is 1. The van der Waals surface area contributed by atoms with Crippen molar-refractivity contribution in [2.45, 2.75) is 32.1 Å². The van der Waals surface area contributed by atoms with Crippen molar-refractivity contribution in [1.82, 2.24) is 9.80 Å². The third-order valence-corrected chi connectivity index (χ3v) is 5.37. The summed E-state index contributed by atoms with van der Waals surface area (Å²) in [4.78, 5) is 39.2. The monoisotopic (exact) mass is 374 g/mol. The van der Waals surface area contributed by atoms with Gasteiger partial charge in [-0.25, -0.2) is 0 Å². The Kier molecular flexibility index (Phi) is 6.26. The predicted octanol–water partition coefficient (Wildman–Crippen LogP) is 2.26. The molecular weight excluding hydrogens is 348 g/mol. The van der Waals surface area contributed by atoms with Gasteiger partial charge in [-0.1, -0.05) is 12.1 Å². The second kappa shape index (κ2) is 8.83. The van der Waals surface area contributed by atoms with Crippen LogP contribution in [0.15, 0.2) is 24.3 Å². The number of rotatable bonds is 6. The maximum atomic E-state index is 12.5. The molecule has 0 unspecified atom stereocenters. The number of hydrogen-bond donors (Lipinski definition) is 1. The Hall–Kier alpha value is -2.64. The molecule has 0 aliphatic carbocycles. The molecule has 8 heteroatoms. The molecule has 2 amide bonds. The molecule has 2 aliphatic heterocycles. The van der Waals surface area contributed by atoms with Gasteiger partial charge in [-0.05, 0) is 31.7 Å². The summed E-state index contributed by atoms with van der Waals surface area (Å²) < 4.78 is 0. The first-order valence-electron chi connectivity index (χ1n) is 9.60. The number of para-hydroxylation sites is 2. The standard InChI is InChI=1S/C19H26N4O4/c24-18(7-10-20-16-5-1-2-6-17(16)23(26)27)21-13-8-15(9-14-21)19(25)22-11-3-4-12-22/h1-2,5-6,15,20H,3-4,7-14H2. The van der Waals surface area contributed by atoms with Gasteiger partial charge >= 0.3 is 0 Å². The number of benzene rings is 1. The van der Waals surface area contributed by atoms with Crippen molar-refractivity contribution >= 4 is 23.2 Å². The van der Waals surface area contributed by atoms with Crippen molar-refractivity contribution in [2.75, 3.05) is 38.0 Å². The van der Waals surface area contributed by atoms with Crippen LogP contribution in [-0.2, 0) is 9.59 Å². The van der Waals surface area contributed by atoms with Crippen LogP contribution in [-0.4, -0.2) is 59.3 Å². The fraction of sp³-hybridized carbons (Fsp3) is 0.579. The van der Waals surface area contributed by atoms with Crippen molar-refractivity contribution in [3.05, 3.63) is 34.4 Å². The van der Waals surface area contributed by atoms with Crippen LogP contribution in [0.25, 0.3) is 0 Å². The molecule has 0 bridgehead atoms. The lowest BCUT2D eigenvalue weighted by molar-refractivity contribution is -0.384. The van der Waals surface area contributed by atoms with E-state index in [-0.39, 0.29) is 29.8 Å². The van der Waals surface area contributed by atoms with E-state index in [0.29, 0.717) is 25.3 Å². The Labute approximate surface area is 158 Å². The smallest absolute Gasteiger partial charge is 0.292 e. The molecule has 0 atom stereocenters. The maximum absolute atomic E-state index is 12.5. The van der Waals surface area contributed by atoms with E-state index in [9.17, 15) is 19.7 Å². The van der Waals surface area contributed by atoms with Gasteiger partial charge in [0.2, 0.25) is 11.8 Å². The second-order valence-electron chi connectivity index (χ2n) is 7.14. The van der Waals surface area contributed by atoms with Crippen molar-refractivity contribution in [3.8, 4) is 0 Å². The number of carbonyl (C=O) groups is 2. The molecule has 1 N–H and O–H groups in total. The molecule has 2 heterocycles. The highest BCUT2D eigenvalue weighted by Crippen LogP contribution is 2.24. The number of nitro benzene ring substituents is 1. The lowest BCUT2D eigenvalue weighted by atomic mass is 9.95. The largest absolute Gasteiger partial charge is 0.379 e. The Morgan fingerprint density at radius 3 is 2.41 bits per heavy atom. The van der Waals surface area contributed by atoms with Crippen LogP contribution in [0.3, 0.4) is 0 Å². The third-order valence-electron chi connectivity index (χ3n) is 5.37. The van der Waals surface area contributed by atoms with Gasteiger partial charge in [0.25, 0.3) is 5.69 Å². The molecule has 0 saturated carbocycles. The minimum Gasteiger partial charge on any atom is -0.379 e. The maximum Gasteiger partial charge on any atom is 0.292 e. The number of amides is 2. The molecule has 2 saturated heterocycles. The molecule has 27 heavy (non-hydrogen) atoms. The number of nitrogens with zero attached hydrogens (tertiary/aromatic N) is 3. The van der Waals surface area contributed by atoms with E-state index < -0.39 is 4.92 Å². The molecule has 2 aliphatic rings. The van der Waals surface area contributed by atoms with Crippen LogP contribution < -0.4 is 5.32 Å². The predicted molar refractivity (Wildman–Crippen MR) is 101 cm³/mol. The van der Waals surface area contributed by atoms with Crippen LogP contribution >= 0.6 is 0 Å². The summed E-state index contributed by atoms with van der Waals surface area (Å²) in [6.45, 7) is 3.30. The zero-order chi connectivity index (χ0) is 19.2. The SMILES string of the molecule is O=C(CCNc1ccccc1[N+](=O)[O-])N1CCC(C(=O)N2CCCC2)CC1. The van der Waals surface area contributed by atoms with E-state index in [1.54, 1.807) is 23.1 Å². The zero-order valence-corrected chi connectivity index (χ0v) is 15.4. The average Bonchev–Trinajstić information content (AvgIpc) is 3.22. The highest BCUT2D eigenvalue weighted by molar-refractivity contribution is 5.80. The first-order valence-corrected chi connectivity index (χ1v) is 9.60. The number of hydrogen-bond acceptors (Lipinski definition) is 5. The number of carbonyl (C=O) groups excluding carboxylic acids is 2. The van der Waals surface area contributed by atoms with Crippen LogP contribution in [0.1, 0.15) is 32.1 Å². The van der Waals surface area contributed by atoms with Crippen molar-refractivity contribution < 1.29 is 14.5 Å². The first-order chi connectivity index (χ1) is 13.1. The first kappa shape index (κ1) is 19.1. The number of anilines is 1. The minimum atomic E-state index is -0.438. The van der Waals surface area contributed by atoms with Crippen LogP contribution in [0.5, 0.6) is 0 Å². The molecule has 2 fully saturated rings. The topological polar surface area (TPSA) is 95.8 Å². The summed E-state index contributed by atoms with van der Waals surface area (Å²) >= 11 is 0. The number of nitrogens with one attached hydrogen (secondary N) is 1. The van der Waals surface area contributed by atoms with E-state index in [4.69, 9.17) is 0 Å². The van der Waals surface area contributed by atoms with Crippen LogP contribution in [0, 0.1) is 16.0 Å². The summed E-state index contributed by atoms with van der Waals surface area (Å²) in [6.07, 6.45) is 3.90. The van der Waals surface area contributed by atoms with Gasteiger partial charge in [0.15, 0.2) is 0 Å². The molecule has 1 aromatic carbocycles. The number of piperidine rings is 1. The molecule has 1 aromatic rings. The second-order valence-corrected chi connectivity index (χ2v) is 7.14. The molecule has 8 nitrogen and oxygen atoms in total. The van der Waals surface area contributed by atoms with Gasteiger partial charge in [-0.3, -0.25) is 19.7 Å². The fourth-order valence-corrected chi connectivity index (χ4v) is 3.82. The van der Waals surface area contributed by atoms with E-state index in [2.05, 4.69) is 5.32 Å². The van der Waals surface area contributed by atoms with E-state index in [1.165, 1.54) is 6.07 Å². The Morgan fingerprint density at radius 1 is 1.07 bits per heavy atom. The molecule has 146 valence electrons. The van der Waals surface area contributed by atoms with Gasteiger partial charge in [0.05, 0.1) is 4.92 Å². The van der Waals surface area contributed by atoms with Crippen molar-refractivity contribution in [1.29, 1.82) is 0 Å². The highest BCUT2D eigenvalue weighted by atomic mass is 16.6. The van der Waals surface area contributed by atoms with E-state index >= 15 is 0 Å². The minimum absolute atomic E-state index is 0.00573. The van der Waals surface area contributed by atoms with Gasteiger partial charge in [-0.2, -0.15) is 0 Å². The summed E-state index contributed by atoms with van der Waals surface area (Å²) in [5, 5.41) is 14.0. The number of likely N-dealkylation sites (tertiary alicyclic amines) is 2. The Balaban J connectivity index is 1.42. The molecular formula is C19H26N4O4. The van der Waals surface area contributed by atoms with Crippen LogP contribution in [0.2, 0.25) is 0 Å². The molecule has 0 radical (unpaired) electrons.